The van der Waals surface area contributed by atoms with Gasteiger partial charge >= 0.3 is 6.09 Å². The number of carbonyl (C=O) groups is 8. The van der Waals surface area contributed by atoms with E-state index in [0.29, 0.717) is 37.8 Å². The second-order valence-electron chi connectivity index (χ2n) is 21.5. The molecule has 0 aromatic heterocycles. The van der Waals surface area contributed by atoms with Crippen molar-refractivity contribution in [3.8, 4) is 0 Å². The standard InChI is InChI=1S/C57H88N6O13/c1-13-37(6)52(46(73-11)33-50(68)62-30-21-24-42(62)54(74-12)38(7)55(70)59-39(8)53(69)40-22-17-16-18-23-40)60(9)56(71)41(35(2)3)32-43(64)51(36(4)5)61(10)57(72)76-45-26-20-15-14-19-25-44(45)75-34-47(65)58-29-31-63-48(66)27-28-49(63)67/h16-18,20,22-23,26-28,35-39,41-42,44-46,51-54,69H,13-15,19,21,24-25,29-34H2,1-12H3,(H,58,65)(H,59,70)/b26-20+/t37-,38+,39+,41-,42-,44?,45?,46+,51-,52-,53+,54+/m0/s1. The lowest BCUT2D eigenvalue weighted by molar-refractivity contribution is -0.149. The molecule has 4 rings (SSSR count). The number of likely N-dealkylation sites (N-methyl/N-ethyl adjacent to an activating group) is 2. The van der Waals surface area contributed by atoms with Crippen molar-refractivity contribution in [2.24, 2.45) is 29.6 Å². The molecular formula is C57H88N6O13. The summed E-state index contributed by atoms with van der Waals surface area (Å²) in [6, 6.07) is 6.58. The molecule has 0 radical (unpaired) electrons. The molecule has 2 heterocycles. The first-order chi connectivity index (χ1) is 36.1. The van der Waals surface area contributed by atoms with E-state index in [9.17, 15) is 43.5 Å². The number of aliphatic hydroxyl groups is 1. The number of ketones is 1. The number of Topliss-reactive ketones (excluding diaryl/α,β-unsaturated/α-hetero) is 1. The van der Waals surface area contributed by atoms with Crippen molar-refractivity contribution in [2.45, 2.75) is 168 Å². The molecule has 1 aromatic carbocycles. The Balaban J connectivity index is 1.43. The normalized spacial score (nSPS) is 21.9. The lowest BCUT2D eigenvalue weighted by Crippen LogP contribution is -2.55. The van der Waals surface area contributed by atoms with Gasteiger partial charge < -0.3 is 49.4 Å². The number of aliphatic hydroxyl groups excluding tert-OH is 1. The summed E-state index contributed by atoms with van der Waals surface area (Å²) >= 11 is 0. The number of imide groups is 1. The Kier molecular flexibility index (Phi) is 25.2. The van der Waals surface area contributed by atoms with Gasteiger partial charge in [0.2, 0.25) is 23.6 Å². The van der Waals surface area contributed by atoms with Gasteiger partial charge in [0.15, 0.2) is 5.78 Å². The highest BCUT2D eigenvalue weighted by molar-refractivity contribution is 6.12. The van der Waals surface area contributed by atoms with Crippen LogP contribution in [0.3, 0.4) is 0 Å². The van der Waals surface area contributed by atoms with Gasteiger partial charge in [0.1, 0.15) is 12.7 Å². The molecule has 76 heavy (non-hydrogen) atoms. The average Bonchev–Trinajstić information content (AvgIpc) is 4.00. The molecule has 0 bridgehead atoms. The Hall–Kier alpha value is -5.50. The number of rotatable bonds is 28. The molecule has 0 spiro atoms. The SMILES string of the molecule is CC[C@H](C)[C@@H]([C@@H](CC(=O)N1CCC[C@H]1[C@H](OC)[C@@H](C)C(=O)N[C@H](C)[C@@H](O)c1ccccc1)OC)N(C)C(=O)[C@@H](CC(=O)[C@H](C(C)C)N(C)C(=O)OC1/C=C/CCCCC1OCC(=O)NCCN1C(=O)C=CC1=O)C(C)C. The van der Waals surface area contributed by atoms with Crippen LogP contribution >= 0.6 is 0 Å². The fourth-order valence-electron chi connectivity index (χ4n) is 10.8. The number of hydrogen-bond acceptors (Lipinski definition) is 13. The van der Waals surface area contributed by atoms with E-state index < -0.39 is 90.3 Å². The fraction of sp³-hybridized carbons (Fsp3) is 0.684. The van der Waals surface area contributed by atoms with Crippen molar-refractivity contribution < 1.29 is 62.4 Å². The molecular weight excluding hydrogens is 977 g/mol. The largest absolute Gasteiger partial charge is 0.439 e. The van der Waals surface area contributed by atoms with Gasteiger partial charge in [-0.1, -0.05) is 97.7 Å². The van der Waals surface area contributed by atoms with E-state index in [2.05, 4.69) is 10.6 Å². The van der Waals surface area contributed by atoms with E-state index >= 15 is 0 Å². The number of ether oxygens (including phenoxy) is 4. The number of nitrogens with zero attached hydrogens (tertiary/aromatic N) is 4. The van der Waals surface area contributed by atoms with Crippen LogP contribution in [0, 0.1) is 29.6 Å². The zero-order chi connectivity index (χ0) is 56.4. The van der Waals surface area contributed by atoms with Crippen LogP contribution in [0.4, 0.5) is 4.79 Å². The quantitative estimate of drug-likeness (QED) is 0.0707. The van der Waals surface area contributed by atoms with Crippen LogP contribution in [0.2, 0.25) is 0 Å². The third-order valence-corrected chi connectivity index (χ3v) is 15.5. The second-order valence-corrected chi connectivity index (χ2v) is 21.5. The first kappa shape index (κ1) is 63.0. The average molecular weight is 1070 g/mol. The smallest absolute Gasteiger partial charge is 0.410 e. The van der Waals surface area contributed by atoms with Gasteiger partial charge in [-0.15, -0.1) is 0 Å². The maximum absolute atomic E-state index is 14.8. The molecule has 1 aliphatic carbocycles. The van der Waals surface area contributed by atoms with Crippen molar-refractivity contribution in [2.75, 3.05) is 54.6 Å². The van der Waals surface area contributed by atoms with E-state index in [4.69, 9.17) is 18.9 Å². The summed E-state index contributed by atoms with van der Waals surface area (Å²) in [7, 11) is 6.24. The number of amides is 7. The maximum Gasteiger partial charge on any atom is 0.410 e. The molecule has 19 heteroatoms. The monoisotopic (exact) mass is 1060 g/mol. The van der Waals surface area contributed by atoms with Crippen LogP contribution in [0.15, 0.2) is 54.6 Å². The number of likely N-dealkylation sites (tertiary alicyclic amines) is 1. The van der Waals surface area contributed by atoms with Gasteiger partial charge in [-0.2, -0.15) is 0 Å². The molecule has 1 aromatic rings. The van der Waals surface area contributed by atoms with E-state index in [1.54, 1.807) is 48.9 Å². The number of carbonyl (C=O) groups excluding carboxylic acids is 8. The van der Waals surface area contributed by atoms with E-state index in [-0.39, 0.29) is 73.8 Å². The second kappa shape index (κ2) is 30.4. The number of hydrogen-bond donors (Lipinski definition) is 3. The molecule has 1 saturated heterocycles. The van der Waals surface area contributed by atoms with Gasteiger partial charge in [-0.3, -0.25) is 38.5 Å². The summed E-state index contributed by atoms with van der Waals surface area (Å²) in [5.74, 6) is -4.72. The van der Waals surface area contributed by atoms with Crippen molar-refractivity contribution in [3.05, 3.63) is 60.2 Å². The van der Waals surface area contributed by atoms with E-state index in [1.807, 2.05) is 65.8 Å². The first-order valence-electron chi connectivity index (χ1n) is 27.3. The first-order valence-corrected chi connectivity index (χ1v) is 27.3. The van der Waals surface area contributed by atoms with Crippen LogP contribution in [0.1, 0.15) is 125 Å². The minimum Gasteiger partial charge on any atom is -0.439 e. The fourth-order valence-corrected chi connectivity index (χ4v) is 10.8. The summed E-state index contributed by atoms with van der Waals surface area (Å²) in [6.45, 7) is 15.1. The lowest BCUT2D eigenvalue weighted by atomic mass is 9.83. The van der Waals surface area contributed by atoms with Gasteiger partial charge in [0.25, 0.3) is 11.8 Å². The summed E-state index contributed by atoms with van der Waals surface area (Å²) in [6.07, 6.45) is 5.97. The predicted molar refractivity (Wildman–Crippen MR) is 286 cm³/mol. The van der Waals surface area contributed by atoms with Gasteiger partial charge in [0, 0.05) is 72.4 Å². The summed E-state index contributed by atoms with van der Waals surface area (Å²) in [5, 5.41) is 16.5. The number of benzene rings is 1. The van der Waals surface area contributed by atoms with Crippen LogP contribution in [-0.4, -0.2) is 175 Å². The molecule has 2 aliphatic heterocycles. The third kappa shape index (κ3) is 17.0. The topological polar surface area (TPSA) is 231 Å². The Labute approximate surface area is 450 Å². The predicted octanol–water partition coefficient (Wildman–Crippen LogP) is 5.39. The van der Waals surface area contributed by atoms with Crippen molar-refractivity contribution in [3.63, 3.8) is 0 Å². The van der Waals surface area contributed by atoms with Crippen LogP contribution in [0.5, 0.6) is 0 Å². The molecule has 3 aliphatic rings. The Morgan fingerprint density at radius 3 is 2.12 bits per heavy atom. The molecule has 0 saturated carbocycles. The van der Waals surface area contributed by atoms with E-state index in [1.165, 1.54) is 38.3 Å². The van der Waals surface area contributed by atoms with Crippen molar-refractivity contribution >= 4 is 47.3 Å². The molecule has 424 valence electrons. The zero-order valence-electron chi connectivity index (χ0n) is 47.1. The molecule has 2 unspecified atom stereocenters. The Morgan fingerprint density at radius 2 is 1.51 bits per heavy atom. The summed E-state index contributed by atoms with van der Waals surface area (Å²) < 4.78 is 24.1. The zero-order valence-corrected chi connectivity index (χ0v) is 47.1. The molecule has 3 N–H and O–H groups in total. The molecule has 12 atom stereocenters. The number of allylic oxidation sites excluding steroid dienone is 1. The molecule has 1 fully saturated rings. The van der Waals surface area contributed by atoms with E-state index in [0.717, 1.165) is 24.2 Å². The summed E-state index contributed by atoms with van der Waals surface area (Å²) in [5.41, 5.74) is 0.681. The maximum atomic E-state index is 14.8. The highest BCUT2D eigenvalue weighted by atomic mass is 16.6. The van der Waals surface area contributed by atoms with Gasteiger partial charge in [-0.05, 0) is 68.4 Å². The summed E-state index contributed by atoms with van der Waals surface area (Å²) in [4.78, 5) is 114. The van der Waals surface area contributed by atoms with Gasteiger partial charge in [-0.25, -0.2) is 4.79 Å². The minimum absolute atomic E-state index is 0.00859. The lowest BCUT2D eigenvalue weighted by Gasteiger charge is -2.41. The highest BCUT2D eigenvalue weighted by Crippen LogP contribution is 2.32. The molecule has 7 amide bonds. The Morgan fingerprint density at radius 1 is 0.842 bits per heavy atom. The molecule has 19 nitrogen and oxygen atoms in total. The highest BCUT2D eigenvalue weighted by Gasteiger charge is 2.44. The van der Waals surface area contributed by atoms with Gasteiger partial charge in [0.05, 0.1) is 60.9 Å². The van der Waals surface area contributed by atoms with Crippen LogP contribution in [-0.2, 0) is 52.5 Å². The minimum atomic E-state index is -0.962. The van der Waals surface area contributed by atoms with Crippen molar-refractivity contribution in [1.29, 1.82) is 0 Å². The van der Waals surface area contributed by atoms with Crippen molar-refractivity contribution in [1.82, 2.24) is 30.2 Å². The number of methoxy groups -OCH3 is 2. The van der Waals surface area contributed by atoms with Crippen LogP contribution < -0.4 is 10.6 Å². The van der Waals surface area contributed by atoms with Crippen LogP contribution in [0.25, 0.3) is 0 Å². The number of nitrogens with one attached hydrogen (secondary N) is 2. The Bertz CT molecular complexity index is 2150. The third-order valence-electron chi connectivity index (χ3n) is 15.5.